The summed E-state index contributed by atoms with van der Waals surface area (Å²) < 4.78 is 0. The van der Waals surface area contributed by atoms with Gasteiger partial charge in [-0.15, -0.1) is 75.2 Å². The number of aromatic nitrogens is 7. The van der Waals surface area contributed by atoms with Gasteiger partial charge in [0, 0.05) is 49.6 Å². The molecule has 45 heavy (non-hydrogen) atoms. The number of benzene rings is 3. The predicted molar refractivity (Wildman–Crippen MR) is 175 cm³/mol. The van der Waals surface area contributed by atoms with E-state index in [0.717, 1.165) is 43.9 Å². The summed E-state index contributed by atoms with van der Waals surface area (Å²) in [7, 11) is 0. The van der Waals surface area contributed by atoms with Crippen LogP contribution in [-0.2, 0) is 20.1 Å². The minimum absolute atomic E-state index is 0. The Morgan fingerprint density at radius 1 is 0.578 bits per heavy atom. The van der Waals surface area contributed by atoms with Gasteiger partial charge in [-0.1, -0.05) is 62.4 Å². The van der Waals surface area contributed by atoms with Crippen molar-refractivity contribution in [3.8, 4) is 34.0 Å². The van der Waals surface area contributed by atoms with Gasteiger partial charge in [-0.05, 0) is 53.5 Å². The molecule has 0 aliphatic rings. The van der Waals surface area contributed by atoms with Crippen LogP contribution in [0.2, 0.25) is 0 Å². The van der Waals surface area contributed by atoms with Gasteiger partial charge in [-0.25, -0.2) is 0 Å². The van der Waals surface area contributed by atoms with E-state index in [1.54, 1.807) is 18.6 Å². The molecule has 0 spiro atoms. The Morgan fingerprint density at radius 3 is 2.04 bits per heavy atom. The maximum Gasteiger partial charge on any atom is 0.202 e. The van der Waals surface area contributed by atoms with Crippen LogP contribution in [0, 0.1) is 12.1 Å². The second kappa shape index (κ2) is 14.3. The third-order valence-electron chi connectivity index (χ3n) is 7.39. The molecular weight excluding hydrogens is 735 g/mol. The van der Waals surface area contributed by atoms with Gasteiger partial charge in [0.15, 0.2) is 0 Å². The summed E-state index contributed by atoms with van der Waals surface area (Å²) in [5, 5.41) is 21.0. The van der Waals surface area contributed by atoms with E-state index < -0.39 is 0 Å². The SMILES string of the molecule is CC(C)c1cc[c-]c(-c2cc(C(C)C)ccn2)c1.[Ir].[c-]1c(-c2nnc(-c3ccc4cnccc4c3)nn2)ccc2cnccc12. The maximum atomic E-state index is 4.46. The largest absolute Gasteiger partial charge is 0.305 e. The average molecular weight is 766 g/mol. The zero-order chi connectivity index (χ0) is 30.5. The minimum Gasteiger partial charge on any atom is -0.305 e. The standard InChI is InChI=1S/C20H11N6.C17H20N.Ir/c1-3-17-11-21-7-5-13(17)9-15(1)19-23-25-20(26-24-19)16-2-4-18-12-22-8-6-14(18)10-16;1-12(2)14-6-5-7-16(10-14)17-11-15(13(3)4)8-9-18-17;/h1-9,11-12H;5-6,8-13H,1-4H3;/q2*-1;. The fourth-order valence-corrected chi connectivity index (χ4v) is 4.76. The van der Waals surface area contributed by atoms with Gasteiger partial charge in [0.05, 0.1) is 0 Å². The summed E-state index contributed by atoms with van der Waals surface area (Å²) in [6.07, 6.45) is 9.01. The van der Waals surface area contributed by atoms with Crippen molar-refractivity contribution in [2.24, 2.45) is 0 Å². The van der Waals surface area contributed by atoms with Crippen LogP contribution < -0.4 is 0 Å². The second-order valence-electron chi connectivity index (χ2n) is 11.1. The summed E-state index contributed by atoms with van der Waals surface area (Å²) in [5.74, 6) is 1.99. The van der Waals surface area contributed by atoms with Crippen molar-refractivity contribution in [1.29, 1.82) is 0 Å². The molecule has 7 nitrogen and oxygen atoms in total. The summed E-state index contributed by atoms with van der Waals surface area (Å²) in [6, 6.07) is 30.8. The molecule has 4 aromatic heterocycles. The van der Waals surface area contributed by atoms with Gasteiger partial charge in [0.2, 0.25) is 5.82 Å². The Balaban J connectivity index is 0.000000186. The van der Waals surface area contributed by atoms with Crippen molar-refractivity contribution >= 4 is 21.5 Å². The normalized spacial score (nSPS) is 10.9. The van der Waals surface area contributed by atoms with E-state index in [4.69, 9.17) is 0 Å². The van der Waals surface area contributed by atoms with Crippen molar-refractivity contribution < 1.29 is 20.1 Å². The molecule has 4 heterocycles. The topological polar surface area (TPSA) is 90.2 Å². The number of pyridine rings is 3. The number of rotatable bonds is 5. The molecule has 0 N–H and O–H groups in total. The first kappa shape index (κ1) is 31.6. The molecular formula is C37H31IrN7-2. The van der Waals surface area contributed by atoms with Crippen LogP contribution in [0.5, 0.6) is 0 Å². The van der Waals surface area contributed by atoms with Crippen molar-refractivity contribution in [3.05, 3.63) is 127 Å². The van der Waals surface area contributed by atoms with Crippen molar-refractivity contribution in [2.45, 2.75) is 39.5 Å². The zero-order valence-electron chi connectivity index (χ0n) is 25.4. The molecule has 0 bridgehead atoms. The molecule has 0 saturated carbocycles. The average Bonchev–Trinajstić information content (AvgIpc) is 3.08. The van der Waals surface area contributed by atoms with Crippen LogP contribution in [0.4, 0.5) is 0 Å². The Hall–Kier alpha value is -4.78. The Labute approximate surface area is 276 Å². The van der Waals surface area contributed by atoms with Gasteiger partial charge in [0.1, 0.15) is 5.82 Å². The molecule has 8 heteroatoms. The van der Waals surface area contributed by atoms with E-state index in [0.29, 0.717) is 23.5 Å². The molecule has 0 aliphatic heterocycles. The van der Waals surface area contributed by atoms with Gasteiger partial charge in [-0.2, -0.15) is 10.2 Å². The maximum absolute atomic E-state index is 4.46. The minimum atomic E-state index is 0. The third kappa shape index (κ3) is 7.48. The van der Waals surface area contributed by atoms with Crippen LogP contribution in [0.3, 0.4) is 0 Å². The Bertz CT molecular complexity index is 1890. The van der Waals surface area contributed by atoms with Crippen LogP contribution in [0.15, 0.2) is 104 Å². The number of fused-ring (bicyclic) bond motifs is 2. The van der Waals surface area contributed by atoms with Gasteiger partial charge in [0.25, 0.3) is 0 Å². The predicted octanol–water partition coefficient (Wildman–Crippen LogP) is 8.29. The van der Waals surface area contributed by atoms with Crippen LogP contribution in [-0.4, -0.2) is 35.3 Å². The zero-order valence-corrected chi connectivity index (χ0v) is 27.8. The van der Waals surface area contributed by atoms with E-state index in [2.05, 4.69) is 99.4 Å². The van der Waals surface area contributed by atoms with E-state index in [1.807, 2.05) is 60.9 Å². The molecule has 0 amide bonds. The molecule has 0 aliphatic carbocycles. The van der Waals surface area contributed by atoms with Crippen LogP contribution >= 0.6 is 0 Å². The fraction of sp³-hybridized carbons (Fsp3) is 0.162. The van der Waals surface area contributed by atoms with Crippen LogP contribution in [0.1, 0.15) is 50.7 Å². The quantitative estimate of drug-likeness (QED) is 0.163. The van der Waals surface area contributed by atoms with Crippen LogP contribution in [0.25, 0.3) is 55.6 Å². The number of hydrogen-bond acceptors (Lipinski definition) is 7. The van der Waals surface area contributed by atoms with Crippen molar-refractivity contribution in [2.75, 3.05) is 0 Å². The van der Waals surface area contributed by atoms with Gasteiger partial charge >= 0.3 is 0 Å². The molecule has 0 atom stereocenters. The number of hydrogen-bond donors (Lipinski definition) is 0. The molecule has 1 radical (unpaired) electrons. The Kier molecular flexibility index (Phi) is 10.1. The molecule has 0 fully saturated rings. The summed E-state index contributed by atoms with van der Waals surface area (Å²) in [4.78, 5) is 12.7. The molecule has 0 unspecified atom stereocenters. The molecule has 7 rings (SSSR count). The molecule has 0 saturated heterocycles. The van der Waals surface area contributed by atoms with E-state index in [9.17, 15) is 0 Å². The molecule has 3 aromatic carbocycles. The van der Waals surface area contributed by atoms with E-state index >= 15 is 0 Å². The van der Waals surface area contributed by atoms with Gasteiger partial charge < -0.3 is 4.98 Å². The smallest absolute Gasteiger partial charge is 0.202 e. The monoisotopic (exact) mass is 766 g/mol. The first-order valence-corrected chi connectivity index (χ1v) is 14.6. The fourth-order valence-electron chi connectivity index (χ4n) is 4.76. The third-order valence-corrected chi connectivity index (χ3v) is 7.39. The van der Waals surface area contributed by atoms with E-state index in [-0.39, 0.29) is 20.1 Å². The first-order chi connectivity index (χ1) is 21.4. The van der Waals surface area contributed by atoms with E-state index in [1.165, 1.54) is 11.1 Å². The van der Waals surface area contributed by atoms with Crippen molar-refractivity contribution in [1.82, 2.24) is 35.3 Å². The first-order valence-electron chi connectivity index (χ1n) is 14.6. The molecule has 7 aromatic rings. The second-order valence-corrected chi connectivity index (χ2v) is 11.1. The summed E-state index contributed by atoms with van der Waals surface area (Å²) in [6.45, 7) is 8.81. The number of nitrogens with zero attached hydrogens (tertiary/aromatic N) is 7. The Morgan fingerprint density at radius 2 is 1.27 bits per heavy atom. The molecule has 225 valence electrons. The summed E-state index contributed by atoms with van der Waals surface area (Å²) >= 11 is 0. The summed E-state index contributed by atoms with van der Waals surface area (Å²) in [5.41, 5.74) is 6.37. The van der Waals surface area contributed by atoms with Crippen molar-refractivity contribution in [3.63, 3.8) is 0 Å². The van der Waals surface area contributed by atoms with Gasteiger partial charge in [-0.3, -0.25) is 9.97 Å².